The van der Waals surface area contributed by atoms with Crippen molar-refractivity contribution in [3.8, 4) is 22.7 Å². The molecule has 0 fully saturated rings. The second-order valence-corrected chi connectivity index (χ2v) is 7.87. The molecule has 3 heterocycles. The first-order valence-corrected chi connectivity index (χ1v) is 10.6. The van der Waals surface area contributed by atoms with Crippen LogP contribution in [-0.4, -0.2) is 36.8 Å². The molecule has 0 bridgehead atoms. The maximum Gasteiger partial charge on any atom is 0.230 e. The Morgan fingerprint density at radius 3 is 2.52 bits per heavy atom. The monoisotopic (exact) mass is 457 g/mol. The van der Waals surface area contributed by atoms with Gasteiger partial charge >= 0.3 is 0 Å². The number of aromatic nitrogens is 6. The summed E-state index contributed by atoms with van der Waals surface area (Å²) in [5.74, 6) is 1.47. The van der Waals surface area contributed by atoms with Crippen molar-refractivity contribution < 1.29 is 4.74 Å². The van der Waals surface area contributed by atoms with Crippen molar-refractivity contribution in [3.63, 3.8) is 0 Å². The molecule has 0 atom stereocenters. The van der Waals surface area contributed by atoms with Crippen molar-refractivity contribution in [1.29, 1.82) is 0 Å². The van der Waals surface area contributed by atoms with Gasteiger partial charge in [0.1, 0.15) is 11.3 Å². The molecule has 0 radical (unpaired) electrons. The second kappa shape index (κ2) is 8.48. The third kappa shape index (κ3) is 4.08. The van der Waals surface area contributed by atoms with Crippen molar-refractivity contribution in [2.24, 2.45) is 0 Å². The van der Waals surface area contributed by atoms with E-state index in [1.807, 2.05) is 68.6 Å². The number of methoxy groups -OCH3 is 1. The average molecular weight is 458 g/mol. The summed E-state index contributed by atoms with van der Waals surface area (Å²) in [5, 5.41) is 9.35. The largest absolute Gasteiger partial charge is 0.494 e. The van der Waals surface area contributed by atoms with Crippen molar-refractivity contribution in [3.05, 3.63) is 77.3 Å². The molecule has 0 spiro atoms. The zero-order valence-corrected chi connectivity index (χ0v) is 19.0. The molecule has 0 saturated heterocycles. The molecule has 164 valence electrons. The lowest BCUT2D eigenvalue weighted by Crippen LogP contribution is -2.04. The van der Waals surface area contributed by atoms with Gasteiger partial charge in [-0.25, -0.2) is 24.6 Å². The normalized spacial score (nSPS) is 11.0. The van der Waals surface area contributed by atoms with E-state index in [4.69, 9.17) is 16.3 Å². The van der Waals surface area contributed by atoms with Crippen LogP contribution in [0.5, 0.6) is 5.75 Å². The average Bonchev–Trinajstić information content (AvgIpc) is 3.21. The van der Waals surface area contributed by atoms with Gasteiger partial charge in [0, 0.05) is 28.4 Å². The van der Waals surface area contributed by atoms with Crippen LogP contribution < -0.4 is 10.1 Å². The van der Waals surface area contributed by atoms with Crippen LogP contribution >= 0.6 is 11.6 Å². The Morgan fingerprint density at radius 2 is 1.73 bits per heavy atom. The van der Waals surface area contributed by atoms with E-state index >= 15 is 0 Å². The number of aryl methyl sites for hydroxylation is 2. The molecule has 1 N–H and O–H groups in total. The SMILES string of the molecule is COc1cccc2c(C)nc(Nc3nccc(-c4cn(-c5ccc(Cl)cc5)nc4C)n3)nc12. The smallest absolute Gasteiger partial charge is 0.230 e. The Balaban J connectivity index is 1.48. The quantitative estimate of drug-likeness (QED) is 0.383. The first kappa shape index (κ1) is 20.8. The number of hydrogen-bond donors (Lipinski definition) is 1. The summed E-state index contributed by atoms with van der Waals surface area (Å²) in [5.41, 5.74) is 4.95. The lowest BCUT2D eigenvalue weighted by Gasteiger charge is -2.10. The van der Waals surface area contributed by atoms with Gasteiger partial charge in [0.05, 0.1) is 29.9 Å². The Bertz CT molecular complexity index is 1460. The first-order valence-electron chi connectivity index (χ1n) is 10.3. The number of ether oxygens (including phenoxy) is 1. The van der Waals surface area contributed by atoms with E-state index in [-0.39, 0.29) is 0 Å². The highest BCUT2D eigenvalue weighted by molar-refractivity contribution is 6.30. The highest BCUT2D eigenvalue weighted by Gasteiger charge is 2.13. The van der Waals surface area contributed by atoms with Crippen LogP contribution in [0.25, 0.3) is 27.8 Å². The lowest BCUT2D eigenvalue weighted by atomic mass is 10.2. The van der Waals surface area contributed by atoms with Crippen LogP contribution in [0.1, 0.15) is 11.4 Å². The molecule has 0 saturated carbocycles. The third-order valence-electron chi connectivity index (χ3n) is 5.25. The Morgan fingerprint density at radius 1 is 0.909 bits per heavy atom. The molecule has 0 unspecified atom stereocenters. The Labute approximate surface area is 195 Å². The zero-order chi connectivity index (χ0) is 22.9. The molecule has 5 rings (SSSR count). The van der Waals surface area contributed by atoms with Crippen LogP contribution in [0, 0.1) is 13.8 Å². The van der Waals surface area contributed by atoms with Crippen LogP contribution in [0.2, 0.25) is 5.02 Å². The van der Waals surface area contributed by atoms with Gasteiger partial charge < -0.3 is 4.74 Å². The molecule has 8 nitrogen and oxygen atoms in total. The van der Waals surface area contributed by atoms with E-state index in [9.17, 15) is 0 Å². The fourth-order valence-corrected chi connectivity index (χ4v) is 3.73. The maximum absolute atomic E-state index is 6.00. The fraction of sp³-hybridized carbons (Fsp3) is 0.125. The van der Waals surface area contributed by atoms with Crippen molar-refractivity contribution >= 4 is 34.4 Å². The number of nitrogens with zero attached hydrogens (tertiary/aromatic N) is 6. The minimum atomic E-state index is 0.389. The number of para-hydroxylation sites is 1. The van der Waals surface area contributed by atoms with Crippen molar-refractivity contribution in [2.45, 2.75) is 13.8 Å². The van der Waals surface area contributed by atoms with Crippen molar-refractivity contribution in [2.75, 3.05) is 12.4 Å². The summed E-state index contributed by atoms with van der Waals surface area (Å²) in [6, 6.07) is 15.1. The molecule has 5 aromatic rings. The molecule has 0 aliphatic carbocycles. The summed E-state index contributed by atoms with van der Waals surface area (Å²) in [7, 11) is 1.62. The molecule has 3 aromatic heterocycles. The van der Waals surface area contributed by atoms with Crippen LogP contribution in [-0.2, 0) is 0 Å². The van der Waals surface area contributed by atoms with Gasteiger partial charge in [-0.1, -0.05) is 23.7 Å². The predicted molar refractivity (Wildman–Crippen MR) is 128 cm³/mol. The topological polar surface area (TPSA) is 90.6 Å². The standard InChI is InChI=1S/C24H20ClN7O/c1-14-18-5-4-6-21(33-3)22(18)29-24(27-14)30-23-26-12-11-20(28-23)19-13-32(31-15(19)2)17-9-7-16(25)8-10-17/h4-13H,1-3H3,(H,26,27,28,29,30). The van der Waals surface area contributed by atoms with E-state index in [1.165, 1.54) is 0 Å². The van der Waals surface area contributed by atoms with Gasteiger partial charge in [-0.2, -0.15) is 5.10 Å². The summed E-state index contributed by atoms with van der Waals surface area (Å²) < 4.78 is 7.26. The van der Waals surface area contributed by atoms with Gasteiger partial charge in [0.25, 0.3) is 0 Å². The number of rotatable bonds is 5. The molecule has 0 aliphatic rings. The number of anilines is 2. The molecule has 0 aliphatic heterocycles. The zero-order valence-electron chi connectivity index (χ0n) is 18.2. The minimum Gasteiger partial charge on any atom is -0.494 e. The highest BCUT2D eigenvalue weighted by Crippen LogP contribution is 2.27. The first-order chi connectivity index (χ1) is 16.0. The van der Waals surface area contributed by atoms with E-state index < -0.39 is 0 Å². The van der Waals surface area contributed by atoms with E-state index in [2.05, 4.69) is 30.4 Å². The van der Waals surface area contributed by atoms with Gasteiger partial charge in [0.2, 0.25) is 11.9 Å². The summed E-state index contributed by atoms with van der Waals surface area (Å²) in [6.07, 6.45) is 3.63. The van der Waals surface area contributed by atoms with Gasteiger partial charge in [-0.05, 0) is 50.2 Å². The second-order valence-electron chi connectivity index (χ2n) is 7.43. The van der Waals surface area contributed by atoms with E-state index in [0.29, 0.717) is 22.7 Å². The lowest BCUT2D eigenvalue weighted by molar-refractivity contribution is 0.419. The number of nitrogens with one attached hydrogen (secondary N) is 1. The molecule has 9 heteroatoms. The summed E-state index contributed by atoms with van der Waals surface area (Å²) >= 11 is 6.00. The van der Waals surface area contributed by atoms with E-state index in [0.717, 1.165) is 39.2 Å². The van der Waals surface area contributed by atoms with Gasteiger partial charge in [-0.3, -0.25) is 5.32 Å². The number of halogens is 1. The van der Waals surface area contributed by atoms with Crippen molar-refractivity contribution in [1.82, 2.24) is 29.7 Å². The maximum atomic E-state index is 6.00. The molecule has 0 amide bonds. The molecule has 33 heavy (non-hydrogen) atoms. The Hall–Kier alpha value is -4.04. The molecular weight excluding hydrogens is 438 g/mol. The number of benzene rings is 2. The summed E-state index contributed by atoms with van der Waals surface area (Å²) in [4.78, 5) is 18.2. The highest BCUT2D eigenvalue weighted by atomic mass is 35.5. The van der Waals surface area contributed by atoms with Crippen LogP contribution in [0.4, 0.5) is 11.9 Å². The Kier molecular flexibility index (Phi) is 5.35. The molecule has 2 aromatic carbocycles. The fourth-order valence-electron chi connectivity index (χ4n) is 3.61. The minimum absolute atomic E-state index is 0.389. The third-order valence-corrected chi connectivity index (χ3v) is 5.50. The number of fused-ring (bicyclic) bond motifs is 1. The van der Waals surface area contributed by atoms with Gasteiger partial charge in [0.15, 0.2) is 0 Å². The summed E-state index contributed by atoms with van der Waals surface area (Å²) in [6.45, 7) is 3.87. The van der Waals surface area contributed by atoms with E-state index in [1.54, 1.807) is 18.0 Å². The van der Waals surface area contributed by atoms with Crippen LogP contribution in [0.3, 0.4) is 0 Å². The number of hydrogen-bond acceptors (Lipinski definition) is 7. The predicted octanol–water partition coefficient (Wildman–Crippen LogP) is 5.29. The van der Waals surface area contributed by atoms with Crippen LogP contribution in [0.15, 0.2) is 60.9 Å². The van der Waals surface area contributed by atoms with Gasteiger partial charge in [-0.15, -0.1) is 0 Å². The molecular formula is C24H20ClN7O.